The minimum absolute atomic E-state index is 0.0309. The molecule has 0 radical (unpaired) electrons. The molecular formula is C31H40N4O5. The Bertz CT molecular complexity index is 1180. The highest BCUT2D eigenvalue weighted by molar-refractivity contribution is 5.99. The van der Waals surface area contributed by atoms with E-state index < -0.39 is 0 Å². The minimum atomic E-state index is -0.356. The van der Waals surface area contributed by atoms with Gasteiger partial charge in [0.15, 0.2) is 0 Å². The number of nitrogens with zero attached hydrogens (tertiary/aromatic N) is 1. The van der Waals surface area contributed by atoms with Gasteiger partial charge < -0.3 is 30.3 Å². The normalized spacial score (nSPS) is 23.1. The van der Waals surface area contributed by atoms with Gasteiger partial charge in [0, 0.05) is 25.8 Å². The van der Waals surface area contributed by atoms with Gasteiger partial charge in [-0.15, -0.1) is 0 Å². The summed E-state index contributed by atoms with van der Waals surface area (Å²) in [4.78, 5) is 40.3. The highest BCUT2D eigenvalue weighted by atomic mass is 16.5. The lowest BCUT2D eigenvalue weighted by Gasteiger charge is -2.42. The zero-order chi connectivity index (χ0) is 27.9. The van der Waals surface area contributed by atoms with E-state index in [1.807, 2.05) is 30.3 Å². The first-order valence-corrected chi connectivity index (χ1v) is 14.5. The quantitative estimate of drug-likeness (QED) is 0.473. The maximum atomic E-state index is 13.5. The summed E-state index contributed by atoms with van der Waals surface area (Å²) in [6, 6.07) is 14.2. The zero-order valence-electron chi connectivity index (χ0n) is 23.2. The van der Waals surface area contributed by atoms with Gasteiger partial charge in [0.2, 0.25) is 5.91 Å². The largest absolute Gasteiger partial charge is 0.490 e. The van der Waals surface area contributed by atoms with Crippen molar-refractivity contribution in [3.05, 3.63) is 59.7 Å². The molecule has 2 aromatic rings. The van der Waals surface area contributed by atoms with Crippen molar-refractivity contribution in [2.75, 3.05) is 25.5 Å². The Kier molecular flexibility index (Phi) is 9.21. The van der Waals surface area contributed by atoms with Crippen LogP contribution in [0.3, 0.4) is 0 Å². The van der Waals surface area contributed by atoms with Gasteiger partial charge >= 0.3 is 6.03 Å². The first kappa shape index (κ1) is 28.0. The summed E-state index contributed by atoms with van der Waals surface area (Å²) in [6.07, 6.45) is 7.44. The number of urea groups is 1. The van der Waals surface area contributed by atoms with Crippen molar-refractivity contribution in [2.45, 2.75) is 76.2 Å². The van der Waals surface area contributed by atoms with Crippen molar-refractivity contribution in [1.29, 1.82) is 0 Å². The van der Waals surface area contributed by atoms with Crippen molar-refractivity contribution >= 4 is 23.5 Å². The van der Waals surface area contributed by atoms with Crippen LogP contribution in [0.4, 0.5) is 10.5 Å². The van der Waals surface area contributed by atoms with Crippen LogP contribution >= 0.6 is 0 Å². The fourth-order valence-corrected chi connectivity index (χ4v) is 5.99. The van der Waals surface area contributed by atoms with Gasteiger partial charge in [-0.05, 0) is 55.4 Å². The first-order chi connectivity index (χ1) is 19.5. The molecule has 214 valence electrons. The Balaban J connectivity index is 1.16. The number of hydrogen-bond donors (Lipinski definition) is 3. The van der Waals surface area contributed by atoms with Crippen LogP contribution in [0.15, 0.2) is 48.5 Å². The smallest absolute Gasteiger partial charge is 0.319 e. The number of nitrogens with one attached hydrogen (secondary N) is 3. The number of anilines is 1. The lowest BCUT2D eigenvalue weighted by atomic mass is 9.89. The number of hydrogen-bond acceptors (Lipinski definition) is 5. The molecule has 0 bridgehead atoms. The topological polar surface area (TPSA) is 109 Å². The number of ether oxygens (including phenoxy) is 2. The molecule has 40 heavy (non-hydrogen) atoms. The maximum absolute atomic E-state index is 13.5. The van der Waals surface area contributed by atoms with E-state index in [0.717, 1.165) is 18.5 Å². The van der Waals surface area contributed by atoms with E-state index in [1.54, 1.807) is 30.1 Å². The summed E-state index contributed by atoms with van der Waals surface area (Å²) in [6.45, 7) is 1.43. The van der Waals surface area contributed by atoms with Gasteiger partial charge in [-0.25, -0.2) is 4.79 Å². The molecule has 0 unspecified atom stereocenters. The Morgan fingerprint density at radius 1 is 0.975 bits per heavy atom. The minimum Gasteiger partial charge on any atom is -0.490 e. The highest BCUT2D eigenvalue weighted by Gasteiger charge is 2.39. The molecule has 9 heteroatoms. The van der Waals surface area contributed by atoms with E-state index in [2.05, 4.69) is 16.0 Å². The molecule has 2 fully saturated rings. The predicted octanol–water partition coefficient (Wildman–Crippen LogP) is 4.48. The SMILES string of the molecule is CN1C(=O)c2cc(NC(=O)NCc3ccccc3)ccc2OC[C@H]2O[C@H](CC(=O)NCC3CCCCC3)CC[C@@H]21. The molecule has 0 aromatic heterocycles. The third-order valence-electron chi connectivity index (χ3n) is 8.29. The van der Waals surface area contributed by atoms with Crippen LogP contribution in [0.1, 0.15) is 67.3 Å². The summed E-state index contributed by atoms with van der Waals surface area (Å²) < 4.78 is 12.4. The van der Waals surface area contributed by atoms with Crippen molar-refractivity contribution < 1.29 is 23.9 Å². The van der Waals surface area contributed by atoms with Crippen LogP contribution in [0.2, 0.25) is 0 Å². The fraction of sp³-hybridized carbons (Fsp3) is 0.516. The lowest BCUT2D eigenvalue weighted by molar-refractivity contribution is -0.134. The van der Waals surface area contributed by atoms with Crippen LogP contribution in [0.5, 0.6) is 5.75 Å². The average molecular weight is 549 g/mol. The molecule has 4 amide bonds. The monoisotopic (exact) mass is 548 g/mol. The van der Waals surface area contributed by atoms with Crippen LogP contribution in [0, 0.1) is 5.92 Å². The molecule has 1 saturated heterocycles. The van der Waals surface area contributed by atoms with Crippen molar-refractivity contribution in [2.24, 2.45) is 5.92 Å². The Morgan fingerprint density at radius 3 is 2.58 bits per heavy atom. The zero-order valence-corrected chi connectivity index (χ0v) is 23.2. The van der Waals surface area contributed by atoms with Gasteiger partial charge in [-0.3, -0.25) is 9.59 Å². The molecule has 3 aliphatic rings. The molecule has 0 spiro atoms. The lowest BCUT2D eigenvalue weighted by Crippen LogP contribution is -2.54. The molecule has 9 nitrogen and oxygen atoms in total. The van der Waals surface area contributed by atoms with Crippen LogP contribution in [-0.2, 0) is 16.1 Å². The van der Waals surface area contributed by atoms with E-state index in [4.69, 9.17) is 9.47 Å². The average Bonchev–Trinajstić information content (AvgIpc) is 2.98. The van der Waals surface area contributed by atoms with Gasteiger partial charge in [-0.2, -0.15) is 0 Å². The Labute approximate surface area is 236 Å². The van der Waals surface area contributed by atoms with Gasteiger partial charge in [0.05, 0.1) is 24.1 Å². The van der Waals surface area contributed by atoms with Crippen LogP contribution in [-0.4, -0.2) is 61.2 Å². The molecule has 3 atom stereocenters. The number of benzene rings is 2. The summed E-state index contributed by atoms with van der Waals surface area (Å²) in [5.74, 6) is 0.877. The van der Waals surface area contributed by atoms with E-state index in [-0.39, 0.29) is 42.7 Å². The standard InChI is InChI=1S/C31H40N4O5/c1-35-26-14-13-24(17-29(36)32-18-21-8-4-2-5-9-21)40-28(26)20-39-27-15-12-23(16-25(27)30(35)37)34-31(38)33-19-22-10-6-3-7-11-22/h3,6-7,10-12,15-16,21,24,26,28H,2,4-5,8-9,13-14,17-20H2,1H3,(H,32,36)(H2,33,34,38)/t24-,26-,28+/m0/s1. The van der Waals surface area contributed by atoms with Crippen LogP contribution in [0.25, 0.3) is 0 Å². The first-order valence-electron chi connectivity index (χ1n) is 14.5. The summed E-state index contributed by atoms with van der Waals surface area (Å²) in [7, 11) is 1.78. The maximum Gasteiger partial charge on any atom is 0.319 e. The third kappa shape index (κ3) is 7.13. The number of rotatable bonds is 7. The van der Waals surface area contributed by atoms with Gasteiger partial charge in [0.1, 0.15) is 18.5 Å². The number of fused-ring (bicyclic) bond motifs is 2. The van der Waals surface area contributed by atoms with Gasteiger partial charge in [-0.1, -0.05) is 49.6 Å². The molecule has 1 aliphatic carbocycles. The van der Waals surface area contributed by atoms with Gasteiger partial charge in [0.25, 0.3) is 5.91 Å². The number of likely N-dealkylation sites (N-methyl/N-ethyl adjacent to an activating group) is 1. The fourth-order valence-electron chi connectivity index (χ4n) is 5.99. The number of carbonyl (C=O) groups is 3. The van der Waals surface area contributed by atoms with E-state index in [9.17, 15) is 14.4 Å². The Morgan fingerprint density at radius 2 is 1.77 bits per heavy atom. The second-order valence-corrected chi connectivity index (χ2v) is 11.2. The highest BCUT2D eigenvalue weighted by Crippen LogP contribution is 2.32. The summed E-state index contributed by atoms with van der Waals surface area (Å²) >= 11 is 0. The molecule has 2 aliphatic heterocycles. The molecule has 5 rings (SSSR count). The van der Waals surface area contributed by atoms with Crippen molar-refractivity contribution in [3.8, 4) is 5.75 Å². The third-order valence-corrected chi connectivity index (χ3v) is 8.29. The summed E-state index contributed by atoms with van der Waals surface area (Å²) in [5, 5.41) is 8.74. The van der Waals surface area contributed by atoms with E-state index >= 15 is 0 Å². The van der Waals surface area contributed by atoms with E-state index in [0.29, 0.717) is 42.3 Å². The molecule has 3 N–H and O–H groups in total. The Hall–Kier alpha value is -3.59. The molecule has 2 heterocycles. The molecular weight excluding hydrogens is 508 g/mol. The predicted molar refractivity (Wildman–Crippen MR) is 152 cm³/mol. The molecule has 1 saturated carbocycles. The second kappa shape index (κ2) is 13.2. The van der Waals surface area contributed by atoms with Crippen molar-refractivity contribution in [1.82, 2.24) is 15.5 Å². The van der Waals surface area contributed by atoms with Crippen LogP contribution < -0.4 is 20.7 Å². The number of amides is 4. The van der Waals surface area contributed by atoms with E-state index in [1.165, 1.54) is 32.1 Å². The summed E-state index contributed by atoms with van der Waals surface area (Å²) in [5.41, 5.74) is 1.89. The number of carbonyl (C=O) groups excluding carboxylic acids is 3. The van der Waals surface area contributed by atoms with Crippen molar-refractivity contribution in [3.63, 3.8) is 0 Å². The molecule has 2 aromatic carbocycles. The second-order valence-electron chi connectivity index (χ2n) is 11.2.